The molecule has 2 atom stereocenters. The van der Waals surface area contributed by atoms with E-state index in [-0.39, 0.29) is 6.04 Å². The van der Waals surface area contributed by atoms with Crippen LogP contribution in [-0.2, 0) is 24.0 Å². The molecule has 2 N–H and O–H groups in total. The molecule has 1 aliphatic rings. The van der Waals surface area contributed by atoms with Gasteiger partial charge in [-0.3, -0.25) is 9.69 Å². The van der Waals surface area contributed by atoms with Gasteiger partial charge in [0.25, 0.3) is 0 Å². The van der Waals surface area contributed by atoms with Crippen molar-refractivity contribution in [1.29, 1.82) is 0 Å². The molecule has 0 aliphatic carbocycles. The molecule has 0 radical (unpaired) electrons. The standard InChI is InChI=1S/C19H23F3N4O2/c1-25-10-8-23-17(25)18(28,19(20,21)22)11-16(27)24-15-7-9-26(13-15)12-14-5-3-2-4-6-14/h2-6,8,10,15,28H,7,9,11-13H2,1H3,(H,24,27). The van der Waals surface area contributed by atoms with E-state index < -0.39 is 29.9 Å². The zero-order valence-corrected chi connectivity index (χ0v) is 15.5. The summed E-state index contributed by atoms with van der Waals surface area (Å²) in [6.07, 6.45) is -3.06. The van der Waals surface area contributed by atoms with Crippen LogP contribution in [0.1, 0.15) is 24.2 Å². The van der Waals surface area contributed by atoms with Crippen LogP contribution < -0.4 is 5.32 Å². The summed E-state index contributed by atoms with van der Waals surface area (Å²) in [7, 11) is 1.34. The lowest BCUT2D eigenvalue weighted by Crippen LogP contribution is -2.49. The van der Waals surface area contributed by atoms with E-state index in [4.69, 9.17) is 0 Å². The molecule has 1 amide bonds. The molecule has 6 nitrogen and oxygen atoms in total. The minimum Gasteiger partial charge on any atom is -0.374 e. The van der Waals surface area contributed by atoms with Gasteiger partial charge in [0, 0.05) is 45.1 Å². The molecule has 2 heterocycles. The number of hydrogen-bond acceptors (Lipinski definition) is 4. The van der Waals surface area contributed by atoms with Crippen LogP contribution in [0.2, 0.25) is 0 Å². The molecule has 1 saturated heterocycles. The number of imidazole rings is 1. The number of carbonyl (C=O) groups excluding carboxylic acids is 1. The summed E-state index contributed by atoms with van der Waals surface area (Å²) in [5, 5.41) is 12.9. The molecule has 152 valence electrons. The van der Waals surface area contributed by atoms with Crippen molar-refractivity contribution in [2.75, 3.05) is 13.1 Å². The van der Waals surface area contributed by atoms with Crippen LogP contribution in [0.4, 0.5) is 13.2 Å². The van der Waals surface area contributed by atoms with Crippen molar-refractivity contribution in [3.8, 4) is 0 Å². The van der Waals surface area contributed by atoms with Crippen LogP contribution in [0.15, 0.2) is 42.7 Å². The highest BCUT2D eigenvalue weighted by molar-refractivity contribution is 5.77. The van der Waals surface area contributed by atoms with Gasteiger partial charge in [-0.15, -0.1) is 0 Å². The molecule has 1 aromatic heterocycles. The van der Waals surface area contributed by atoms with Crippen LogP contribution in [0, 0.1) is 0 Å². The number of likely N-dealkylation sites (tertiary alicyclic amines) is 1. The van der Waals surface area contributed by atoms with Crippen molar-refractivity contribution >= 4 is 5.91 Å². The lowest BCUT2D eigenvalue weighted by Gasteiger charge is -2.29. The SMILES string of the molecule is Cn1ccnc1C(O)(CC(=O)NC1CCN(Cc2ccccc2)C1)C(F)(F)F. The molecule has 0 bridgehead atoms. The number of benzene rings is 1. The molecule has 28 heavy (non-hydrogen) atoms. The number of nitrogens with zero attached hydrogens (tertiary/aromatic N) is 3. The third-order valence-electron chi connectivity index (χ3n) is 4.96. The number of carbonyl (C=O) groups is 1. The Morgan fingerprint density at radius 1 is 1.32 bits per heavy atom. The number of rotatable bonds is 6. The average Bonchev–Trinajstić information content (AvgIpc) is 3.23. The second-order valence-corrected chi connectivity index (χ2v) is 7.17. The minimum atomic E-state index is -5.03. The number of nitrogens with one attached hydrogen (secondary N) is 1. The Morgan fingerprint density at radius 2 is 2.04 bits per heavy atom. The van der Waals surface area contributed by atoms with Crippen molar-refractivity contribution in [3.63, 3.8) is 0 Å². The van der Waals surface area contributed by atoms with Crippen molar-refractivity contribution < 1.29 is 23.1 Å². The fourth-order valence-corrected chi connectivity index (χ4v) is 3.52. The van der Waals surface area contributed by atoms with Gasteiger partial charge in [-0.2, -0.15) is 13.2 Å². The first-order valence-corrected chi connectivity index (χ1v) is 9.01. The number of aromatic nitrogens is 2. The molecule has 2 aromatic rings. The summed E-state index contributed by atoms with van der Waals surface area (Å²) in [6, 6.07) is 9.57. The van der Waals surface area contributed by atoms with Gasteiger partial charge in [-0.05, 0) is 12.0 Å². The molecule has 0 spiro atoms. The molecule has 3 rings (SSSR count). The first-order valence-electron chi connectivity index (χ1n) is 9.01. The number of aryl methyl sites for hydroxylation is 1. The number of halogens is 3. The van der Waals surface area contributed by atoms with Gasteiger partial charge in [0.15, 0.2) is 5.82 Å². The summed E-state index contributed by atoms with van der Waals surface area (Å²) in [6.45, 7) is 2.00. The largest absolute Gasteiger partial charge is 0.425 e. The van der Waals surface area contributed by atoms with Gasteiger partial charge in [0.2, 0.25) is 11.5 Å². The fourth-order valence-electron chi connectivity index (χ4n) is 3.52. The molecule has 1 aromatic carbocycles. The van der Waals surface area contributed by atoms with Gasteiger partial charge in [0.1, 0.15) is 0 Å². The highest BCUT2D eigenvalue weighted by Crippen LogP contribution is 2.40. The van der Waals surface area contributed by atoms with E-state index in [2.05, 4.69) is 15.2 Å². The van der Waals surface area contributed by atoms with E-state index in [0.29, 0.717) is 19.5 Å². The van der Waals surface area contributed by atoms with Crippen molar-refractivity contribution in [2.24, 2.45) is 7.05 Å². The zero-order valence-electron chi connectivity index (χ0n) is 15.5. The highest BCUT2D eigenvalue weighted by atomic mass is 19.4. The predicted molar refractivity (Wildman–Crippen MR) is 96.0 cm³/mol. The van der Waals surface area contributed by atoms with Crippen LogP contribution in [0.25, 0.3) is 0 Å². The lowest BCUT2D eigenvalue weighted by atomic mass is 9.97. The van der Waals surface area contributed by atoms with Crippen LogP contribution in [-0.4, -0.2) is 50.8 Å². The first-order chi connectivity index (χ1) is 13.2. The Kier molecular flexibility index (Phi) is 5.76. The van der Waals surface area contributed by atoms with Gasteiger partial charge >= 0.3 is 6.18 Å². The van der Waals surface area contributed by atoms with Gasteiger partial charge in [-0.25, -0.2) is 4.98 Å². The van der Waals surface area contributed by atoms with E-state index in [9.17, 15) is 23.1 Å². The predicted octanol–water partition coefficient (Wildman–Crippen LogP) is 1.95. The molecule has 9 heteroatoms. The Hall–Kier alpha value is -2.39. The van der Waals surface area contributed by atoms with E-state index in [1.807, 2.05) is 30.3 Å². The summed E-state index contributed by atoms with van der Waals surface area (Å²) in [4.78, 5) is 18.0. The molecule has 1 fully saturated rings. The average molecular weight is 396 g/mol. The van der Waals surface area contributed by atoms with E-state index in [0.717, 1.165) is 22.9 Å². The number of hydrogen-bond donors (Lipinski definition) is 2. The van der Waals surface area contributed by atoms with Gasteiger partial charge in [0.05, 0.1) is 6.42 Å². The smallest absolute Gasteiger partial charge is 0.374 e. The van der Waals surface area contributed by atoms with Crippen molar-refractivity contribution in [2.45, 2.75) is 37.2 Å². The maximum Gasteiger partial charge on any atom is 0.425 e. The quantitative estimate of drug-likeness (QED) is 0.783. The summed E-state index contributed by atoms with van der Waals surface area (Å²) in [5.74, 6) is -1.46. The molecular formula is C19H23F3N4O2. The number of alkyl halides is 3. The molecule has 1 aliphatic heterocycles. The zero-order chi connectivity index (χ0) is 20.4. The fraction of sp³-hybridized carbons (Fsp3) is 0.474. The van der Waals surface area contributed by atoms with Gasteiger partial charge in [-0.1, -0.05) is 30.3 Å². The molecule has 2 unspecified atom stereocenters. The second-order valence-electron chi connectivity index (χ2n) is 7.17. The molecule has 0 saturated carbocycles. The number of amides is 1. The normalized spacial score (nSPS) is 20.1. The summed E-state index contributed by atoms with van der Waals surface area (Å²) < 4.78 is 41.7. The van der Waals surface area contributed by atoms with Crippen LogP contribution in [0.5, 0.6) is 0 Å². The Morgan fingerprint density at radius 3 is 2.64 bits per heavy atom. The van der Waals surface area contributed by atoms with Crippen LogP contribution >= 0.6 is 0 Å². The maximum atomic E-state index is 13.5. The Bertz CT molecular complexity index is 809. The third-order valence-corrected chi connectivity index (χ3v) is 4.96. The highest BCUT2D eigenvalue weighted by Gasteiger charge is 2.58. The van der Waals surface area contributed by atoms with E-state index >= 15 is 0 Å². The Balaban J connectivity index is 1.61. The van der Waals surface area contributed by atoms with Crippen LogP contribution in [0.3, 0.4) is 0 Å². The summed E-state index contributed by atoms with van der Waals surface area (Å²) in [5.41, 5.74) is -2.20. The topological polar surface area (TPSA) is 70.4 Å². The summed E-state index contributed by atoms with van der Waals surface area (Å²) >= 11 is 0. The first kappa shape index (κ1) is 20.3. The second kappa shape index (κ2) is 7.92. The van der Waals surface area contributed by atoms with E-state index in [1.54, 1.807) is 0 Å². The Labute approximate surface area is 161 Å². The third kappa shape index (κ3) is 4.36. The molecular weight excluding hydrogens is 373 g/mol. The van der Waals surface area contributed by atoms with Crippen molar-refractivity contribution in [1.82, 2.24) is 19.8 Å². The monoisotopic (exact) mass is 396 g/mol. The lowest BCUT2D eigenvalue weighted by molar-refractivity contribution is -0.271. The van der Waals surface area contributed by atoms with E-state index in [1.165, 1.54) is 13.2 Å². The maximum absolute atomic E-state index is 13.5. The minimum absolute atomic E-state index is 0.255. The van der Waals surface area contributed by atoms with Gasteiger partial charge < -0.3 is 15.0 Å². The van der Waals surface area contributed by atoms with Crippen molar-refractivity contribution in [3.05, 3.63) is 54.1 Å². The number of aliphatic hydroxyl groups is 1.